The zero-order valence-corrected chi connectivity index (χ0v) is 18.9. The molecular formula is C23H45N5. The van der Waals surface area contributed by atoms with E-state index in [0.29, 0.717) is 11.3 Å². The van der Waals surface area contributed by atoms with Gasteiger partial charge in [-0.2, -0.15) is 0 Å². The van der Waals surface area contributed by atoms with Gasteiger partial charge in [0.05, 0.1) is 0 Å². The van der Waals surface area contributed by atoms with Crippen LogP contribution >= 0.6 is 0 Å². The molecule has 0 aromatic rings. The summed E-state index contributed by atoms with van der Waals surface area (Å²) in [7, 11) is 1.96. The summed E-state index contributed by atoms with van der Waals surface area (Å²) < 4.78 is 0. The maximum atomic E-state index is 4.66. The number of aliphatic imine (C=N–C) groups is 1. The summed E-state index contributed by atoms with van der Waals surface area (Å²) >= 11 is 0. The monoisotopic (exact) mass is 391 g/mol. The van der Waals surface area contributed by atoms with Crippen molar-refractivity contribution in [3.05, 3.63) is 0 Å². The minimum atomic E-state index is 0.566. The number of hydrogen-bond donors (Lipinski definition) is 1. The van der Waals surface area contributed by atoms with E-state index in [2.05, 4.69) is 38.9 Å². The van der Waals surface area contributed by atoms with Crippen molar-refractivity contribution in [3.8, 4) is 0 Å². The van der Waals surface area contributed by atoms with Crippen LogP contribution in [0.15, 0.2) is 4.99 Å². The Morgan fingerprint density at radius 3 is 2.21 bits per heavy atom. The highest BCUT2D eigenvalue weighted by molar-refractivity contribution is 5.80. The van der Waals surface area contributed by atoms with Gasteiger partial charge in [-0.1, -0.05) is 39.5 Å². The number of likely N-dealkylation sites (tertiary alicyclic amines) is 1. The summed E-state index contributed by atoms with van der Waals surface area (Å²) in [4.78, 5) is 12.4. The number of piperazine rings is 1. The summed E-state index contributed by atoms with van der Waals surface area (Å²) in [5, 5.41) is 3.72. The van der Waals surface area contributed by atoms with Crippen LogP contribution in [0.1, 0.15) is 65.2 Å². The minimum Gasteiger partial charge on any atom is -0.356 e. The van der Waals surface area contributed by atoms with E-state index < -0.39 is 0 Å². The highest BCUT2D eigenvalue weighted by Gasteiger charge is 2.36. The second-order valence-electron chi connectivity index (χ2n) is 9.71. The van der Waals surface area contributed by atoms with Gasteiger partial charge in [0, 0.05) is 59.4 Å². The van der Waals surface area contributed by atoms with E-state index in [4.69, 9.17) is 0 Å². The van der Waals surface area contributed by atoms with Crippen LogP contribution in [0.25, 0.3) is 0 Å². The molecule has 1 spiro atoms. The fraction of sp³-hybridized carbons (Fsp3) is 0.957. The Kier molecular flexibility index (Phi) is 8.46. The molecule has 5 nitrogen and oxygen atoms in total. The van der Waals surface area contributed by atoms with Crippen LogP contribution < -0.4 is 5.32 Å². The molecular weight excluding hydrogens is 346 g/mol. The Hall–Kier alpha value is -0.810. The molecule has 1 unspecified atom stereocenters. The Bertz CT molecular complexity index is 475. The molecule has 2 saturated heterocycles. The Morgan fingerprint density at radius 1 is 0.929 bits per heavy atom. The maximum Gasteiger partial charge on any atom is 0.193 e. The second-order valence-corrected chi connectivity index (χ2v) is 9.71. The van der Waals surface area contributed by atoms with Crippen molar-refractivity contribution >= 4 is 5.96 Å². The average Bonchev–Trinajstić information content (AvgIpc) is 2.94. The molecule has 1 aliphatic carbocycles. The fourth-order valence-corrected chi connectivity index (χ4v) is 5.67. The Balaban J connectivity index is 1.44. The molecule has 1 N–H and O–H groups in total. The van der Waals surface area contributed by atoms with Crippen molar-refractivity contribution in [3.63, 3.8) is 0 Å². The first-order valence-corrected chi connectivity index (χ1v) is 12.0. The van der Waals surface area contributed by atoms with Crippen molar-refractivity contribution in [2.75, 3.05) is 66.0 Å². The highest BCUT2D eigenvalue weighted by atomic mass is 15.3. The molecule has 3 fully saturated rings. The van der Waals surface area contributed by atoms with E-state index >= 15 is 0 Å². The number of nitrogens with zero attached hydrogens (tertiary/aromatic N) is 4. The molecule has 0 aromatic carbocycles. The summed E-state index contributed by atoms with van der Waals surface area (Å²) in [6, 6.07) is 0. The van der Waals surface area contributed by atoms with Gasteiger partial charge in [0.2, 0.25) is 0 Å². The van der Waals surface area contributed by atoms with Crippen molar-refractivity contribution < 1.29 is 0 Å². The lowest BCUT2D eigenvalue weighted by atomic mass is 9.74. The summed E-state index contributed by atoms with van der Waals surface area (Å²) in [5.74, 6) is 1.80. The SMILES string of the molecule is CCN1CCN(CC(C)CNC(=NC)N2CCCC3(CCCCCC3)C2)CC1. The molecule has 0 bridgehead atoms. The molecule has 5 heteroatoms. The van der Waals surface area contributed by atoms with Crippen molar-refractivity contribution in [1.82, 2.24) is 20.0 Å². The molecule has 28 heavy (non-hydrogen) atoms. The number of piperidine rings is 1. The van der Waals surface area contributed by atoms with Crippen LogP contribution in [0.3, 0.4) is 0 Å². The first-order valence-electron chi connectivity index (χ1n) is 12.0. The highest BCUT2D eigenvalue weighted by Crippen LogP contribution is 2.42. The second kappa shape index (κ2) is 10.8. The standard InChI is InChI=1S/C23H45N5/c1-4-26-14-16-27(17-15-26)19-21(2)18-25-22(24-3)28-13-9-12-23(20-28)10-7-5-6-8-11-23/h21H,4-20H2,1-3H3,(H,24,25). The van der Waals surface area contributed by atoms with Gasteiger partial charge in [0.25, 0.3) is 0 Å². The zero-order valence-electron chi connectivity index (χ0n) is 18.9. The Morgan fingerprint density at radius 2 is 1.57 bits per heavy atom. The topological polar surface area (TPSA) is 34.1 Å². The number of hydrogen-bond acceptors (Lipinski definition) is 3. The molecule has 1 atom stereocenters. The van der Waals surface area contributed by atoms with Crippen LogP contribution in [0.4, 0.5) is 0 Å². The van der Waals surface area contributed by atoms with Crippen LogP contribution in [0.2, 0.25) is 0 Å². The lowest BCUT2D eigenvalue weighted by molar-refractivity contribution is 0.114. The van der Waals surface area contributed by atoms with Gasteiger partial charge in [-0.15, -0.1) is 0 Å². The predicted octanol–water partition coefficient (Wildman–Crippen LogP) is 3.27. The predicted molar refractivity (Wildman–Crippen MR) is 120 cm³/mol. The van der Waals surface area contributed by atoms with Gasteiger partial charge in [0.15, 0.2) is 5.96 Å². The smallest absolute Gasteiger partial charge is 0.193 e. The number of nitrogens with one attached hydrogen (secondary N) is 1. The molecule has 2 aliphatic heterocycles. The van der Waals surface area contributed by atoms with Crippen molar-refractivity contribution in [1.29, 1.82) is 0 Å². The van der Waals surface area contributed by atoms with Crippen LogP contribution in [0.5, 0.6) is 0 Å². The number of rotatable bonds is 5. The molecule has 0 amide bonds. The van der Waals surface area contributed by atoms with E-state index in [1.807, 2.05) is 7.05 Å². The van der Waals surface area contributed by atoms with Gasteiger partial charge in [-0.25, -0.2) is 0 Å². The summed E-state index contributed by atoms with van der Waals surface area (Å²) in [6.07, 6.45) is 11.4. The van der Waals surface area contributed by atoms with Crippen molar-refractivity contribution in [2.24, 2.45) is 16.3 Å². The molecule has 0 aromatic heterocycles. The third kappa shape index (κ3) is 6.09. The molecule has 2 heterocycles. The van der Waals surface area contributed by atoms with Crippen LogP contribution in [-0.4, -0.2) is 86.6 Å². The van der Waals surface area contributed by atoms with Gasteiger partial charge in [-0.05, 0) is 43.6 Å². The normalized spacial score (nSPS) is 26.2. The third-order valence-electron chi connectivity index (χ3n) is 7.43. The van der Waals surface area contributed by atoms with Crippen molar-refractivity contribution in [2.45, 2.75) is 65.2 Å². The maximum absolute atomic E-state index is 4.66. The molecule has 162 valence electrons. The van der Waals surface area contributed by atoms with E-state index in [-0.39, 0.29) is 0 Å². The average molecular weight is 392 g/mol. The quantitative estimate of drug-likeness (QED) is 0.576. The minimum absolute atomic E-state index is 0.566. The zero-order chi connectivity index (χ0) is 19.8. The Labute approximate surface area is 173 Å². The summed E-state index contributed by atoms with van der Waals surface area (Å²) in [6.45, 7) is 15.4. The fourth-order valence-electron chi connectivity index (χ4n) is 5.67. The van der Waals surface area contributed by atoms with E-state index in [0.717, 1.165) is 12.5 Å². The largest absolute Gasteiger partial charge is 0.356 e. The lowest BCUT2D eigenvalue weighted by Gasteiger charge is -2.44. The first-order chi connectivity index (χ1) is 13.6. The molecule has 3 aliphatic rings. The van der Waals surface area contributed by atoms with Crippen LogP contribution in [0, 0.1) is 11.3 Å². The van der Waals surface area contributed by atoms with E-state index in [9.17, 15) is 0 Å². The van der Waals surface area contributed by atoms with E-state index in [1.54, 1.807) is 0 Å². The van der Waals surface area contributed by atoms with Gasteiger partial charge >= 0.3 is 0 Å². The summed E-state index contributed by atoms with van der Waals surface area (Å²) in [5.41, 5.74) is 0.566. The molecule has 0 radical (unpaired) electrons. The van der Waals surface area contributed by atoms with Gasteiger partial charge in [0.1, 0.15) is 0 Å². The number of likely N-dealkylation sites (N-methyl/N-ethyl adjacent to an activating group) is 1. The van der Waals surface area contributed by atoms with Gasteiger partial charge < -0.3 is 20.0 Å². The lowest BCUT2D eigenvalue weighted by Crippen LogP contribution is -2.52. The van der Waals surface area contributed by atoms with E-state index in [1.165, 1.54) is 104 Å². The molecule has 1 saturated carbocycles. The van der Waals surface area contributed by atoms with Crippen LogP contribution in [-0.2, 0) is 0 Å². The first kappa shape index (κ1) is 21.9. The number of guanidine groups is 1. The molecule has 3 rings (SSSR count). The third-order valence-corrected chi connectivity index (χ3v) is 7.43. The van der Waals surface area contributed by atoms with Gasteiger partial charge in [-0.3, -0.25) is 4.99 Å².